The fourth-order valence-corrected chi connectivity index (χ4v) is 3.07. The molecule has 2 aromatic rings. The van der Waals surface area contributed by atoms with Crippen LogP contribution in [0.3, 0.4) is 0 Å². The van der Waals surface area contributed by atoms with Gasteiger partial charge in [0.1, 0.15) is 5.82 Å². The van der Waals surface area contributed by atoms with Gasteiger partial charge in [0, 0.05) is 30.3 Å². The Morgan fingerprint density at radius 3 is 2.69 bits per heavy atom. The zero-order valence-electron chi connectivity index (χ0n) is 14.8. The smallest absolute Gasteiger partial charge is 0.233 e. The molecule has 1 aromatic carbocycles. The number of methoxy groups -OCH3 is 1. The molecule has 2 rings (SSSR count). The predicted octanol–water partition coefficient (Wildman–Crippen LogP) is 3.19. The van der Waals surface area contributed by atoms with Crippen LogP contribution in [0.2, 0.25) is 0 Å². The first kappa shape index (κ1) is 20.1. The molecule has 0 spiro atoms. The third kappa shape index (κ3) is 5.93. The SMILES string of the molecule is COCCN(Cc1ccccn1)C(=O)CSc1ccc(C(C)=O)cc1F. The number of hydrogen-bond acceptors (Lipinski definition) is 5. The number of benzene rings is 1. The number of ether oxygens (including phenoxy) is 1. The summed E-state index contributed by atoms with van der Waals surface area (Å²) in [6, 6.07) is 9.82. The van der Waals surface area contributed by atoms with Gasteiger partial charge in [-0.3, -0.25) is 14.6 Å². The molecule has 26 heavy (non-hydrogen) atoms. The van der Waals surface area contributed by atoms with Gasteiger partial charge in [0.05, 0.1) is 24.6 Å². The van der Waals surface area contributed by atoms with E-state index in [1.54, 1.807) is 24.3 Å². The minimum atomic E-state index is -0.497. The predicted molar refractivity (Wildman–Crippen MR) is 98.7 cm³/mol. The number of carbonyl (C=O) groups is 2. The van der Waals surface area contributed by atoms with Crippen LogP contribution in [0.1, 0.15) is 23.0 Å². The number of carbonyl (C=O) groups excluding carboxylic acids is 2. The fourth-order valence-electron chi connectivity index (χ4n) is 2.25. The molecule has 0 aliphatic rings. The number of amides is 1. The van der Waals surface area contributed by atoms with Crippen molar-refractivity contribution in [3.05, 3.63) is 59.7 Å². The number of pyridine rings is 1. The van der Waals surface area contributed by atoms with Gasteiger partial charge in [-0.25, -0.2) is 4.39 Å². The van der Waals surface area contributed by atoms with Crippen molar-refractivity contribution in [2.24, 2.45) is 0 Å². The summed E-state index contributed by atoms with van der Waals surface area (Å²) in [5.41, 5.74) is 1.09. The van der Waals surface area contributed by atoms with Crippen LogP contribution < -0.4 is 0 Å². The fraction of sp³-hybridized carbons (Fsp3) is 0.316. The zero-order valence-corrected chi connectivity index (χ0v) is 15.6. The lowest BCUT2D eigenvalue weighted by Gasteiger charge is -2.22. The molecule has 0 saturated carbocycles. The van der Waals surface area contributed by atoms with Gasteiger partial charge >= 0.3 is 0 Å². The third-order valence-corrected chi connectivity index (χ3v) is 4.72. The van der Waals surface area contributed by atoms with E-state index < -0.39 is 5.82 Å². The summed E-state index contributed by atoms with van der Waals surface area (Å²) in [7, 11) is 1.57. The van der Waals surface area contributed by atoms with Crippen LogP contribution in [-0.2, 0) is 16.1 Å². The second-order valence-corrected chi connectivity index (χ2v) is 6.64. The van der Waals surface area contributed by atoms with Crippen LogP contribution in [-0.4, -0.2) is 47.6 Å². The first-order valence-electron chi connectivity index (χ1n) is 8.11. The van der Waals surface area contributed by atoms with E-state index in [-0.39, 0.29) is 17.4 Å². The molecular weight excluding hydrogens is 355 g/mol. The summed E-state index contributed by atoms with van der Waals surface area (Å²) in [4.78, 5) is 30.1. The van der Waals surface area contributed by atoms with Gasteiger partial charge in [0.25, 0.3) is 0 Å². The standard InChI is InChI=1S/C19H21FN2O3S/c1-14(23)15-6-7-18(17(20)11-15)26-13-19(24)22(9-10-25-2)12-16-5-3-4-8-21-16/h3-8,11H,9-10,12-13H2,1-2H3. The first-order chi connectivity index (χ1) is 12.5. The molecule has 1 amide bonds. The summed E-state index contributed by atoms with van der Waals surface area (Å²) < 4.78 is 19.1. The molecule has 5 nitrogen and oxygen atoms in total. The molecule has 0 atom stereocenters. The highest BCUT2D eigenvalue weighted by molar-refractivity contribution is 8.00. The zero-order chi connectivity index (χ0) is 18.9. The first-order valence-corrected chi connectivity index (χ1v) is 9.09. The van der Waals surface area contributed by atoms with Gasteiger partial charge in [0.2, 0.25) is 5.91 Å². The Morgan fingerprint density at radius 1 is 1.27 bits per heavy atom. The van der Waals surface area contributed by atoms with Gasteiger partial charge in [0.15, 0.2) is 5.78 Å². The van der Waals surface area contributed by atoms with E-state index in [1.807, 2.05) is 18.2 Å². The quantitative estimate of drug-likeness (QED) is 0.497. The van der Waals surface area contributed by atoms with E-state index in [0.717, 1.165) is 17.5 Å². The van der Waals surface area contributed by atoms with Crippen molar-refractivity contribution in [3.8, 4) is 0 Å². The lowest BCUT2D eigenvalue weighted by Crippen LogP contribution is -2.35. The monoisotopic (exact) mass is 376 g/mol. The van der Waals surface area contributed by atoms with Gasteiger partial charge < -0.3 is 9.64 Å². The van der Waals surface area contributed by atoms with Gasteiger partial charge in [-0.2, -0.15) is 0 Å². The Kier molecular flexibility index (Phi) is 7.74. The van der Waals surface area contributed by atoms with Crippen LogP contribution in [0.4, 0.5) is 4.39 Å². The number of aromatic nitrogens is 1. The number of halogens is 1. The lowest BCUT2D eigenvalue weighted by atomic mass is 10.1. The Labute approximate surface area is 156 Å². The maximum Gasteiger partial charge on any atom is 0.233 e. The Hall–Kier alpha value is -2.25. The van der Waals surface area contributed by atoms with Crippen molar-refractivity contribution in [2.45, 2.75) is 18.4 Å². The van der Waals surface area contributed by atoms with E-state index in [9.17, 15) is 14.0 Å². The molecule has 1 heterocycles. The molecule has 0 bridgehead atoms. The molecule has 1 aromatic heterocycles. The molecule has 0 saturated heterocycles. The van der Waals surface area contributed by atoms with Crippen molar-refractivity contribution < 1.29 is 18.7 Å². The Balaban J connectivity index is 2.01. The van der Waals surface area contributed by atoms with Crippen molar-refractivity contribution in [1.82, 2.24) is 9.88 Å². The molecule has 7 heteroatoms. The second kappa shape index (κ2) is 10.0. The van der Waals surface area contributed by atoms with Gasteiger partial charge in [-0.1, -0.05) is 12.1 Å². The lowest BCUT2D eigenvalue weighted by molar-refractivity contribution is -0.129. The molecule has 0 N–H and O–H groups in total. The number of Topliss-reactive ketones (excluding diaryl/α,β-unsaturated/α-hetero) is 1. The molecule has 0 unspecified atom stereocenters. The topological polar surface area (TPSA) is 59.5 Å². The average Bonchev–Trinajstić information content (AvgIpc) is 2.64. The third-order valence-electron chi connectivity index (χ3n) is 3.69. The van der Waals surface area contributed by atoms with Crippen LogP contribution in [0, 0.1) is 5.82 Å². The van der Waals surface area contributed by atoms with Crippen molar-refractivity contribution in [1.29, 1.82) is 0 Å². The van der Waals surface area contributed by atoms with E-state index in [4.69, 9.17) is 4.74 Å². The van der Waals surface area contributed by atoms with Crippen LogP contribution in [0.15, 0.2) is 47.5 Å². The van der Waals surface area contributed by atoms with Crippen molar-refractivity contribution in [3.63, 3.8) is 0 Å². The summed E-state index contributed by atoms with van der Waals surface area (Å²) in [5.74, 6) is -0.735. The van der Waals surface area contributed by atoms with Crippen molar-refractivity contribution in [2.75, 3.05) is 26.0 Å². The van der Waals surface area contributed by atoms with Crippen LogP contribution >= 0.6 is 11.8 Å². The Bertz CT molecular complexity index is 756. The highest BCUT2D eigenvalue weighted by Crippen LogP contribution is 2.23. The van der Waals surface area contributed by atoms with Gasteiger partial charge in [-0.15, -0.1) is 11.8 Å². The average molecular weight is 376 g/mol. The summed E-state index contributed by atoms with van der Waals surface area (Å²) in [6.45, 7) is 2.59. The van der Waals surface area contributed by atoms with Gasteiger partial charge in [-0.05, 0) is 31.2 Å². The van der Waals surface area contributed by atoms with Crippen molar-refractivity contribution >= 4 is 23.5 Å². The molecule has 0 radical (unpaired) electrons. The number of nitrogens with zero attached hydrogens (tertiary/aromatic N) is 2. The number of ketones is 1. The van der Waals surface area contributed by atoms with Crippen LogP contribution in [0.25, 0.3) is 0 Å². The number of thioether (sulfide) groups is 1. The highest BCUT2D eigenvalue weighted by atomic mass is 32.2. The maximum atomic E-state index is 14.1. The molecule has 0 aliphatic carbocycles. The molecule has 138 valence electrons. The van der Waals surface area contributed by atoms with E-state index >= 15 is 0 Å². The molecular formula is C19H21FN2O3S. The van der Waals surface area contributed by atoms with E-state index in [0.29, 0.717) is 30.2 Å². The summed E-state index contributed by atoms with van der Waals surface area (Å²) in [5, 5.41) is 0. The summed E-state index contributed by atoms with van der Waals surface area (Å²) in [6.07, 6.45) is 1.68. The molecule has 0 aliphatic heterocycles. The van der Waals surface area contributed by atoms with Crippen LogP contribution in [0.5, 0.6) is 0 Å². The Morgan fingerprint density at radius 2 is 2.08 bits per heavy atom. The minimum Gasteiger partial charge on any atom is -0.383 e. The highest BCUT2D eigenvalue weighted by Gasteiger charge is 2.16. The normalized spacial score (nSPS) is 10.6. The molecule has 0 fully saturated rings. The summed E-state index contributed by atoms with van der Waals surface area (Å²) >= 11 is 1.11. The van der Waals surface area contributed by atoms with E-state index in [1.165, 1.54) is 19.1 Å². The van der Waals surface area contributed by atoms with E-state index in [2.05, 4.69) is 4.98 Å². The number of rotatable bonds is 9. The number of hydrogen-bond donors (Lipinski definition) is 0. The second-order valence-electron chi connectivity index (χ2n) is 5.62. The maximum absolute atomic E-state index is 14.1. The minimum absolute atomic E-state index is 0.0902. The largest absolute Gasteiger partial charge is 0.383 e.